The molecule has 0 amide bonds. The average molecular weight is 316 g/mol. The van der Waals surface area contributed by atoms with Gasteiger partial charge in [0.2, 0.25) is 0 Å². The summed E-state index contributed by atoms with van der Waals surface area (Å²) in [6, 6.07) is 12.9. The van der Waals surface area contributed by atoms with Crippen LogP contribution in [0, 0.1) is 0 Å². The highest BCUT2D eigenvalue weighted by Crippen LogP contribution is 2.26. The highest BCUT2D eigenvalue weighted by Gasteiger charge is 2.13. The van der Waals surface area contributed by atoms with Gasteiger partial charge in [-0.15, -0.1) is 0 Å². The van der Waals surface area contributed by atoms with Crippen molar-refractivity contribution < 1.29 is 0 Å². The van der Waals surface area contributed by atoms with Gasteiger partial charge < -0.3 is 0 Å². The lowest BCUT2D eigenvalue weighted by Crippen LogP contribution is -2.29. The van der Waals surface area contributed by atoms with E-state index in [4.69, 9.17) is 40.6 Å². The SMILES string of the molecule is NNC(Cc1cc(Cl)ccc1Cl)c1ccc(Cl)cc1. The van der Waals surface area contributed by atoms with Crippen molar-refractivity contribution >= 4 is 34.8 Å². The van der Waals surface area contributed by atoms with Gasteiger partial charge in [-0.25, -0.2) is 0 Å². The van der Waals surface area contributed by atoms with Crippen LogP contribution in [0.2, 0.25) is 15.1 Å². The molecule has 0 aliphatic heterocycles. The van der Waals surface area contributed by atoms with Crippen molar-refractivity contribution in [2.45, 2.75) is 12.5 Å². The molecule has 19 heavy (non-hydrogen) atoms. The minimum Gasteiger partial charge on any atom is -0.271 e. The second kappa shape index (κ2) is 6.60. The predicted molar refractivity (Wildman–Crippen MR) is 81.7 cm³/mol. The Hall–Kier alpha value is -0.770. The van der Waals surface area contributed by atoms with Gasteiger partial charge in [0.05, 0.1) is 6.04 Å². The number of rotatable bonds is 4. The summed E-state index contributed by atoms with van der Waals surface area (Å²) in [5.74, 6) is 5.62. The Kier molecular flexibility index (Phi) is 5.08. The normalized spacial score (nSPS) is 12.4. The highest BCUT2D eigenvalue weighted by atomic mass is 35.5. The molecule has 1 atom stereocenters. The van der Waals surface area contributed by atoms with Gasteiger partial charge in [0.25, 0.3) is 0 Å². The van der Waals surface area contributed by atoms with Crippen LogP contribution in [0.4, 0.5) is 0 Å². The zero-order valence-corrected chi connectivity index (χ0v) is 12.3. The number of nitrogens with two attached hydrogens (primary N) is 1. The molecule has 0 heterocycles. The minimum atomic E-state index is -0.0479. The highest BCUT2D eigenvalue weighted by molar-refractivity contribution is 6.33. The molecular weight excluding hydrogens is 303 g/mol. The summed E-state index contributed by atoms with van der Waals surface area (Å²) in [5, 5.41) is 2.03. The minimum absolute atomic E-state index is 0.0479. The van der Waals surface area contributed by atoms with Crippen LogP contribution in [-0.4, -0.2) is 0 Å². The van der Waals surface area contributed by atoms with Crippen LogP contribution >= 0.6 is 34.8 Å². The van der Waals surface area contributed by atoms with Gasteiger partial charge in [-0.2, -0.15) is 0 Å². The van der Waals surface area contributed by atoms with E-state index in [1.807, 2.05) is 30.3 Å². The number of hydrogen-bond donors (Lipinski definition) is 2. The Morgan fingerprint density at radius 2 is 1.58 bits per heavy atom. The van der Waals surface area contributed by atoms with Gasteiger partial charge in [-0.3, -0.25) is 11.3 Å². The van der Waals surface area contributed by atoms with Crippen LogP contribution in [0.15, 0.2) is 42.5 Å². The first-order valence-electron chi connectivity index (χ1n) is 5.75. The first-order valence-corrected chi connectivity index (χ1v) is 6.89. The molecule has 0 aromatic heterocycles. The molecule has 2 rings (SSSR count). The van der Waals surface area contributed by atoms with Crippen LogP contribution in [0.1, 0.15) is 17.2 Å². The van der Waals surface area contributed by atoms with Crippen molar-refractivity contribution in [3.8, 4) is 0 Å². The summed E-state index contributed by atoms with van der Waals surface area (Å²) >= 11 is 18.0. The molecule has 0 saturated heterocycles. The van der Waals surface area contributed by atoms with Crippen LogP contribution in [0.3, 0.4) is 0 Å². The fourth-order valence-electron chi connectivity index (χ4n) is 1.89. The van der Waals surface area contributed by atoms with E-state index in [0.717, 1.165) is 11.1 Å². The van der Waals surface area contributed by atoms with E-state index in [9.17, 15) is 0 Å². The first kappa shape index (κ1) is 14.6. The molecule has 0 aliphatic rings. The fourth-order valence-corrected chi connectivity index (χ4v) is 2.40. The zero-order chi connectivity index (χ0) is 13.8. The molecule has 0 fully saturated rings. The van der Waals surface area contributed by atoms with Crippen LogP contribution in [0.5, 0.6) is 0 Å². The summed E-state index contributed by atoms with van der Waals surface area (Å²) in [6.45, 7) is 0. The quantitative estimate of drug-likeness (QED) is 0.648. The summed E-state index contributed by atoms with van der Waals surface area (Å²) in [4.78, 5) is 0. The van der Waals surface area contributed by atoms with Gasteiger partial charge in [0, 0.05) is 15.1 Å². The van der Waals surface area contributed by atoms with E-state index in [-0.39, 0.29) is 6.04 Å². The maximum absolute atomic E-state index is 6.16. The standard InChI is InChI=1S/C14H13Cl3N2/c15-11-3-1-9(2-4-11)14(19-18)8-10-7-12(16)5-6-13(10)17/h1-7,14,19H,8,18H2. The van der Waals surface area contributed by atoms with Crippen molar-refractivity contribution in [3.05, 3.63) is 68.7 Å². The average Bonchev–Trinajstić information content (AvgIpc) is 2.41. The maximum Gasteiger partial charge on any atom is 0.0500 e. The van der Waals surface area contributed by atoms with E-state index in [0.29, 0.717) is 21.5 Å². The Labute approximate surface area is 127 Å². The summed E-state index contributed by atoms with van der Waals surface area (Å²) in [7, 11) is 0. The third kappa shape index (κ3) is 3.85. The number of nitrogens with one attached hydrogen (secondary N) is 1. The van der Waals surface area contributed by atoms with Crippen molar-refractivity contribution in [2.24, 2.45) is 5.84 Å². The lowest BCUT2D eigenvalue weighted by molar-refractivity contribution is 0.552. The third-order valence-electron chi connectivity index (χ3n) is 2.91. The molecule has 2 aromatic rings. The molecule has 0 spiro atoms. The lowest BCUT2D eigenvalue weighted by Gasteiger charge is -2.17. The Balaban J connectivity index is 2.23. The van der Waals surface area contributed by atoms with Crippen molar-refractivity contribution in [1.29, 1.82) is 0 Å². The van der Waals surface area contributed by atoms with E-state index in [1.54, 1.807) is 12.1 Å². The Bertz CT molecular complexity index is 555. The van der Waals surface area contributed by atoms with Crippen LogP contribution < -0.4 is 11.3 Å². The second-order valence-corrected chi connectivity index (χ2v) is 5.49. The fraction of sp³-hybridized carbons (Fsp3) is 0.143. The van der Waals surface area contributed by atoms with E-state index in [1.165, 1.54) is 0 Å². The number of benzene rings is 2. The largest absolute Gasteiger partial charge is 0.271 e. The van der Waals surface area contributed by atoms with Crippen molar-refractivity contribution in [2.75, 3.05) is 0 Å². The van der Waals surface area contributed by atoms with E-state index in [2.05, 4.69) is 5.43 Å². The van der Waals surface area contributed by atoms with Gasteiger partial charge in [-0.1, -0.05) is 46.9 Å². The second-order valence-electron chi connectivity index (χ2n) is 4.21. The van der Waals surface area contributed by atoms with Crippen LogP contribution in [0.25, 0.3) is 0 Å². The van der Waals surface area contributed by atoms with Gasteiger partial charge >= 0.3 is 0 Å². The van der Waals surface area contributed by atoms with Gasteiger partial charge in [-0.05, 0) is 47.9 Å². The van der Waals surface area contributed by atoms with E-state index < -0.39 is 0 Å². The molecule has 0 aliphatic carbocycles. The zero-order valence-electron chi connectivity index (χ0n) is 10.0. The van der Waals surface area contributed by atoms with Crippen LogP contribution in [-0.2, 0) is 6.42 Å². The molecule has 1 unspecified atom stereocenters. The number of hydrazine groups is 1. The molecule has 5 heteroatoms. The number of hydrogen-bond acceptors (Lipinski definition) is 2. The third-order valence-corrected chi connectivity index (χ3v) is 3.76. The first-order chi connectivity index (χ1) is 9.10. The molecule has 0 saturated carbocycles. The summed E-state index contributed by atoms with van der Waals surface area (Å²) < 4.78 is 0. The number of halogens is 3. The molecule has 0 bridgehead atoms. The van der Waals surface area contributed by atoms with Gasteiger partial charge in [0.1, 0.15) is 0 Å². The van der Waals surface area contributed by atoms with Crippen molar-refractivity contribution in [3.63, 3.8) is 0 Å². The van der Waals surface area contributed by atoms with Gasteiger partial charge in [0.15, 0.2) is 0 Å². The molecule has 2 nitrogen and oxygen atoms in total. The Morgan fingerprint density at radius 1 is 0.947 bits per heavy atom. The lowest BCUT2D eigenvalue weighted by atomic mass is 9.99. The molecule has 0 radical (unpaired) electrons. The molecule has 100 valence electrons. The van der Waals surface area contributed by atoms with E-state index >= 15 is 0 Å². The topological polar surface area (TPSA) is 38.0 Å². The summed E-state index contributed by atoms with van der Waals surface area (Å²) in [6.07, 6.45) is 0.650. The van der Waals surface area contributed by atoms with Crippen molar-refractivity contribution in [1.82, 2.24) is 5.43 Å². The summed E-state index contributed by atoms with van der Waals surface area (Å²) in [5.41, 5.74) is 4.78. The molecule has 3 N–H and O–H groups in total. The predicted octanol–water partition coefficient (Wildman–Crippen LogP) is 4.39. The molecular formula is C14H13Cl3N2. The monoisotopic (exact) mass is 314 g/mol. The molecule has 2 aromatic carbocycles. The Morgan fingerprint density at radius 3 is 2.21 bits per heavy atom. The maximum atomic E-state index is 6.16. The smallest absolute Gasteiger partial charge is 0.0500 e.